The molecule has 1 aromatic heterocycles. The quantitative estimate of drug-likeness (QED) is 0.422. The Kier molecular flexibility index (Phi) is 7.94. The number of rotatable bonds is 10. The van der Waals surface area contributed by atoms with Gasteiger partial charge in [-0.3, -0.25) is 4.79 Å². The molecule has 32 heavy (non-hydrogen) atoms. The number of thioether (sulfide) groups is 1. The molecular formula is C22H22N4O5S. The van der Waals surface area contributed by atoms with E-state index in [1.165, 1.54) is 21.3 Å². The molecule has 10 heteroatoms. The predicted molar refractivity (Wildman–Crippen MR) is 119 cm³/mol. The molecule has 3 rings (SSSR count). The van der Waals surface area contributed by atoms with Crippen molar-refractivity contribution in [1.29, 1.82) is 5.26 Å². The molecule has 2 aromatic carbocycles. The minimum Gasteiger partial charge on any atom is -0.493 e. The molecule has 9 nitrogen and oxygen atoms in total. The number of nitriles is 1. The van der Waals surface area contributed by atoms with E-state index in [1.807, 2.05) is 30.3 Å². The summed E-state index contributed by atoms with van der Waals surface area (Å²) in [6, 6.07) is 14.7. The van der Waals surface area contributed by atoms with Crippen LogP contribution in [0.3, 0.4) is 0 Å². The zero-order valence-corrected chi connectivity index (χ0v) is 18.7. The number of para-hydroxylation sites is 1. The Labute approximate surface area is 189 Å². The Morgan fingerprint density at radius 1 is 1.09 bits per heavy atom. The van der Waals surface area contributed by atoms with E-state index in [0.29, 0.717) is 29.4 Å². The molecule has 0 aliphatic carbocycles. The number of ether oxygens (including phenoxy) is 3. The van der Waals surface area contributed by atoms with E-state index >= 15 is 0 Å². The lowest BCUT2D eigenvalue weighted by molar-refractivity contribution is -0.116. The highest BCUT2D eigenvalue weighted by molar-refractivity contribution is 7.99. The summed E-state index contributed by atoms with van der Waals surface area (Å²) < 4.78 is 21.8. The van der Waals surface area contributed by atoms with Gasteiger partial charge in [0.25, 0.3) is 5.22 Å². The van der Waals surface area contributed by atoms with Crippen LogP contribution in [0, 0.1) is 11.3 Å². The Balaban J connectivity index is 1.74. The van der Waals surface area contributed by atoms with Crippen molar-refractivity contribution in [1.82, 2.24) is 10.2 Å². The van der Waals surface area contributed by atoms with Crippen LogP contribution in [0.2, 0.25) is 0 Å². The van der Waals surface area contributed by atoms with Crippen molar-refractivity contribution in [2.24, 2.45) is 0 Å². The summed E-state index contributed by atoms with van der Waals surface area (Å²) in [5, 5.41) is 17.3. The Morgan fingerprint density at radius 3 is 2.38 bits per heavy atom. The van der Waals surface area contributed by atoms with E-state index in [4.69, 9.17) is 23.9 Å². The number of carbonyl (C=O) groups excluding carboxylic acids is 1. The lowest BCUT2D eigenvalue weighted by atomic mass is 10.2. The second kappa shape index (κ2) is 11.1. The standard InChI is InChI=1S/C22H22N4O5S/c1-28-17-12-15(13-18(29-2)20(17)30-3)21-24-25-22(31-21)32-14-19(27)26(11-7-10-23)16-8-5-4-6-9-16/h4-6,8-9,12-13H,7,11,14H2,1-3H3. The maximum absolute atomic E-state index is 12.8. The average molecular weight is 455 g/mol. The fourth-order valence-electron chi connectivity index (χ4n) is 2.96. The number of hydrogen-bond donors (Lipinski definition) is 0. The van der Waals surface area contributed by atoms with Gasteiger partial charge in [0.1, 0.15) is 0 Å². The molecule has 0 aliphatic rings. The summed E-state index contributed by atoms with van der Waals surface area (Å²) in [5.74, 6) is 1.54. The van der Waals surface area contributed by atoms with E-state index in [9.17, 15) is 4.79 Å². The average Bonchev–Trinajstić information content (AvgIpc) is 3.31. The highest BCUT2D eigenvalue weighted by Gasteiger charge is 2.20. The van der Waals surface area contributed by atoms with Gasteiger partial charge in [0.2, 0.25) is 17.5 Å². The summed E-state index contributed by atoms with van der Waals surface area (Å²) in [6.07, 6.45) is 0.233. The van der Waals surface area contributed by atoms with Crippen LogP contribution in [0.1, 0.15) is 6.42 Å². The maximum atomic E-state index is 12.8. The molecule has 0 saturated heterocycles. The lowest BCUT2D eigenvalue weighted by Crippen LogP contribution is -2.33. The topological polar surface area (TPSA) is 111 Å². The van der Waals surface area contributed by atoms with Gasteiger partial charge in [0.15, 0.2) is 11.5 Å². The monoisotopic (exact) mass is 454 g/mol. The van der Waals surface area contributed by atoms with Crippen molar-refractivity contribution in [2.45, 2.75) is 11.6 Å². The third-order valence-corrected chi connectivity index (χ3v) is 5.26. The van der Waals surface area contributed by atoms with Crippen molar-refractivity contribution >= 4 is 23.4 Å². The minimum atomic E-state index is -0.163. The molecule has 166 valence electrons. The summed E-state index contributed by atoms with van der Waals surface area (Å²) in [5.41, 5.74) is 1.32. The first-order valence-corrected chi connectivity index (χ1v) is 10.6. The van der Waals surface area contributed by atoms with Crippen LogP contribution in [0.5, 0.6) is 17.2 Å². The molecule has 0 fully saturated rings. The third kappa shape index (κ3) is 5.31. The van der Waals surface area contributed by atoms with E-state index < -0.39 is 0 Å². The first-order valence-electron chi connectivity index (χ1n) is 9.60. The highest BCUT2D eigenvalue weighted by atomic mass is 32.2. The van der Waals surface area contributed by atoms with E-state index in [0.717, 1.165) is 17.4 Å². The summed E-state index contributed by atoms with van der Waals surface area (Å²) in [4.78, 5) is 14.4. The number of anilines is 1. The largest absolute Gasteiger partial charge is 0.493 e. The van der Waals surface area contributed by atoms with Crippen molar-refractivity contribution in [3.63, 3.8) is 0 Å². The third-order valence-electron chi connectivity index (χ3n) is 4.45. The number of methoxy groups -OCH3 is 3. The molecule has 0 atom stereocenters. The molecule has 3 aromatic rings. The number of nitrogens with zero attached hydrogens (tertiary/aromatic N) is 4. The smallest absolute Gasteiger partial charge is 0.277 e. The summed E-state index contributed by atoms with van der Waals surface area (Å²) >= 11 is 1.13. The number of aromatic nitrogens is 2. The maximum Gasteiger partial charge on any atom is 0.277 e. The fraction of sp³-hybridized carbons (Fsp3) is 0.273. The zero-order valence-electron chi connectivity index (χ0n) is 17.9. The molecule has 0 bridgehead atoms. The Morgan fingerprint density at radius 2 is 1.78 bits per heavy atom. The Hall–Kier alpha value is -3.71. The molecule has 0 aliphatic heterocycles. The van der Waals surface area contributed by atoms with Crippen LogP contribution in [-0.2, 0) is 4.79 Å². The van der Waals surface area contributed by atoms with Gasteiger partial charge in [0.05, 0.1) is 39.6 Å². The molecule has 0 unspecified atom stereocenters. The van der Waals surface area contributed by atoms with Crippen LogP contribution in [0.4, 0.5) is 5.69 Å². The van der Waals surface area contributed by atoms with Gasteiger partial charge in [-0.25, -0.2) is 0 Å². The summed E-state index contributed by atoms with van der Waals surface area (Å²) in [6.45, 7) is 0.306. The Bertz CT molecular complexity index is 1070. The molecule has 0 radical (unpaired) electrons. The van der Waals surface area contributed by atoms with Crippen LogP contribution >= 0.6 is 11.8 Å². The van der Waals surface area contributed by atoms with Crippen molar-refractivity contribution in [3.05, 3.63) is 42.5 Å². The van der Waals surface area contributed by atoms with Crippen molar-refractivity contribution < 1.29 is 23.4 Å². The van der Waals surface area contributed by atoms with Gasteiger partial charge in [-0.05, 0) is 24.3 Å². The molecule has 0 N–H and O–H groups in total. The second-order valence-corrected chi connectivity index (χ2v) is 7.29. The van der Waals surface area contributed by atoms with Crippen molar-refractivity contribution in [3.8, 4) is 34.8 Å². The zero-order chi connectivity index (χ0) is 22.9. The van der Waals surface area contributed by atoms with Gasteiger partial charge in [0, 0.05) is 17.8 Å². The molecule has 1 amide bonds. The van der Waals surface area contributed by atoms with Gasteiger partial charge in [-0.15, -0.1) is 10.2 Å². The van der Waals surface area contributed by atoms with Gasteiger partial charge < -0.3 is 23.5 Å². The summed E-state index contributed by atoms with van der Waals surface area (Å²) in [7, 11) is 4.56. The predicted octanol–water partition coefficient (Wildman–Crippen LogP) is 3.80. The van der Waals surface area contributed by atoms with E-state index in [-0.39, 0.29) is 29.2 Å². The fourth-order valence-corrected chi connectivity index (χ4v) is 3.60. The number of benzene rings is 2. The SMILES string of the molecule is COc1cc(-c2nnc(SCC(=O)N(CCC#N)c3ccccc3)o2)cc(OC)c1OC. The first-order chi connectivity index (χ1) is 15.6. The van der Waals surface area contributed by atoms with Crippen LogP contribution < -0.4 is 19.1 Å². The van der Waals surface area contributed by atoms with Crippen molar-refractivity contribution in [2.75, 3.05) is 38.5 Å². The van der Waals surface area contributed by atoms with Crippen LogP contribution in [-0.4, -0.2) is 49.7 Å². The van der Waals surface area contributed by atoms with Gasteiger partial charge in [-0.2, -0.15) is 5.26 Å². The molecular weight excluding hydrogens is 432 g/mol. The molecule has 0 saturated carbocycles. The number of hydrogen-bond acceptors (Lipinski definition) is 9. The van der Waals surface area contributed by atoms with E-state index in [2.05, 4.69) is 16.3 Å². The van der Waals surface area contributed by atoms with Crippen LogP contribution in [0.15, 0.2) is 52.1 Å². The highest BCUT2D eigenvalue weighted by Crippen LogP contribution is 2.41. The lowest BCUT2D eigenvalue weighted by Gasteiger charge is -2.21. The number of carbonyl (C=O) groups is 1. The van der Waals surface area contributed by atoms with Gasteiger partial charge in [-0.1, -0.05) is 30.0 Å². The number of amides is 1. The molecule has 0 spiro atoms. The molecule has 1 heterocycles. The van der Waals surface area contributed by atoms with Gasteiger partial charge >= 0.3 is 0 Å². The van der Waals surface area contributed by atoms with E-state index in [1.54, 1.807) is 17.0 Å². The minimum absolute atomic E-state index is 0.0806. The second-order valence-electron chi connectivity index (χ2n) is 6.36. The van der Waals surface area contributed by atoms with Crippen LogP contribution in [0.25, 0.3) is 11.5 Å². The normalized spacial score (nSPS) is 10.3. The first kappa shape index (κ1) is 23.0.